The van der Waals surface area contributed by atoms with Gasteiger partial charge in [-0.1, -0.05) is 42.5 Å². The first-order valence-corrected chi connectivity index (χ1v) is 8.33. The molecular formula is C20H23N3. The molecule has 0 saturated carbocycles. The molecule has 2 heterocycles. The van der Waals surface area contributed by atoms with Gasteiger partial charge in [-0.3, -0.25) is 4.90 Å². The third-order valence-corrected chi connectivity index (χ3v) is 4.75. The Bertz CT molecular complexity index is 829. The molecule has 1 aliphatic heterocycles. The fraction of sp³-hybridized carbons (Fsp3) is 0.300. The Balaban J connectivity index is 1.70. The number of benzene rings is 2. The van der Waals surface area contributed by atoms with Crippen molar-refractivity contribution in [2.75, 3.05) is 25.2 Å². The average Bonchev–Trinajstić information content (AvgIpc) is 2.96. The van der Waals surface area contributed by atoms with Crippen molar-refractivity contribution in [3.63, 3.8) is 0 Å². The SMILES string of the molecule is CCN1CN(C)Cc2cn(Cc3cccc4ccccc34)cc21. The van der Waals surface area contributed by atoms with Crippen molar-refractivity contribution in [1.82, 2.24) is 9.47 Å². The van der Waals surface area contributed by atoms with Crippen molar-refractivity contribution in [2.45, 2.75) is 20.0 Å². The summed E-state index contributed by atoms with van der Waals surface area (Å²) in [6.07, 6.45) is 4.63. The van der Waals surface area contributed by atoms with Gasteiger partial charge in [0.25, 0.3) is 0 Å². The molecule has 0 fully saturated rings. The van der Waals surface area contributed by atoms with Crippen molar-refractivity contribution in [3.05, 3.63) is 66.0 Å². The predicted octanol–water partition coefficient (Wildman–Crippen LogP) is 3.92. The van der Waals surface area contributed by atoms with E-state index in [0.717, 1.165) is 26.3 Å². The van der Waals surface area contributed by atoms with Crippen molar-refractivity contribution < 1.29 is 0 Å². The summed E-state index contributed by atoms with van der Waals surface area (Å²) in [4.78, 5) is 4.81. The van der Waals surface area contributed by atoms with E-state index in [1.54, 1.807) is 0 Å². The Morgan fingerprint density at radius 2 is 1.83 bits per heavy atom. The third-order valence-electron chi connectivity index (χ3n) is 4.75. The van der Waals surface area contributed by atoms with Gasteiger partial charge in [-0.05, 0) is 30.3 Å². The van der Waals surface area contributed by atoms with Crippen LogP contribution in [0.2, 0.25) is 0 Å². The summed E-state index contributed by atoms with van der Waals surface area (Å²) in [6, 6.07) is 15.2. The summed E-state index contributed by atoms with van der Waals surface area (Å²) in [6.45, 7) is 6.26. The smallest absolute Gasteiger partial charge is 0.0708 e. The molecule has 1 aliphatic rings. The van der Waals surface area contributed by atoms with Crippen LogP contribution in [0.3, 0.4) is 0 Å². The Hall–Kier alpha value is -2.26. The number of hydrogen-bond acceptors (Lipinski definition) is 2. The topological polar surface area (TPSA) is 11.4 Å². The van der Waals surface area contributed by atoms with Gasteiger partial charge in [0.15, 0.2) is 0 Å². The number of aromatic nitrogens is 1. The van der Waals surface area contributed by atoms with Crippen molar-refractivity contribution in [1.29, 1.82) is 0 Å². The molecule has 0 aliphatic carbocycles. The molecule has 118 valence electrons. The van der Waals surface area contributed by atoms with E-state index in [2.05, 4.69) is 83.2 Å². The van der Waals surface area contributed by atoms with Crippen molar-refractivity contribution in [2.24, 2.45) is 0 Å². The van der Waals surface area contributed by atoms with Crippen LogP contribution in [-0.4, -0.2) is 29.7 Å². The van der Waals surface area contributed by atoms with Crippen LogP contribution in [0.25, 0.3) is 10.8 Å². The molecule has 0 unspecified atom stereocenters. The fourth-order valence-corrected chi connectivity index (χ4v) is 3.65. The van der Waals surface area contributed by atoms with Gasteiger partial charge in [-0.25, -0.2) is 0 Å². The lowest BCUT2D eigenvalue weighted by atomic mass is 10.0. The molecule has 0 radical (unpaired) electrons. The van der Waals surface area contributed by atoms with Crippen LogP contribution >= 0.6 is 0 Å². The maximum Gasteiger partial charge on any atom is 0.0708 e. The van der Waals surface area contributed by atoms with E-state index in [1.165, 1.54) is 27.6 Å². The molecule has 0 amide bonds. The molecular weight excluding hydrogens is 282 g/mol. The molecule has 0 saturated heterocycles. The highest BCUT2D eigenvalue weighted by Gasteiger charge is 2.21. The highest BCUT2D eigenvalue weighted by Crippen LogP contribution is 2.28. The number of fused-ring (bicyclic) bond motifs is 2. The van der Waals surface area contributed by atoms with Crippen molar-refractivity contribution >= 4 is 16.5 Å². The zero-order valence-corrected chi connectivity index (χ0v) is 13.9. The first-order chi connectivity index (χ1) is 11.2. The maximum atomic E-state index is 2.44. The summed E-state index contributed by atoms with van der Waals surface area (Å²) in [5.41, 5.74) is 4.21. The zero-order valence-electron chi connectivity index (χ0n) is 13.9. The van der Waals surface area contributed by atoms with E-state index in [0.29, 0.717) is 0 Å². The second-order valence-electron chi connectivity index (χ2n) is 6.49. The van der Waals surface area contributed by atoms with Gasteiger partial charge < -0.3 is 9.47 Å². The Kier molecular flexibility index (Phi) is 3.58. The molecule has 4 rings (SSSR count). The Morgan fingerprint density at radius 3 is 2.70 bits per heavy atom. The molecule has 23 heavy (non-hydrogen) atoms. The Morgan fingerprint density at radius 1 is 1.00 bits per heavy atom. The van der Waals surface area contributed by atoms with E-state index in [9.17, 15) is 0 Å². The number of rotatable bonds is 3. The lowest BCUT2D eigenvalue weighted by Crippen LogP contribution is -2.39. The summed E-state index contributed by atoms with van der Waals surface area (Å²) in [7, 11) is 2.19. The van der Waals surface area contributed by atoms with Gasteiger partial charge in [-0.15, -0.1) is 0 Å². The third kappa shape index (κ3) is 2.62. The second kappa shape index (κ2) is 5.74. The number of hydrogen-bond donors (Lipinski definition) is 0. The highest BCUT2D eigenvalue weighted by molar-refractivity contribution is 5.85. The quantitative estimate of drug-likeness (QED) is 0.726. The van der Waals surface area contributed by atoms with Gasteiger partial charge in [-0.2, -0.15) is 0 Å². The van der Waals surface area contributed by atoms with Gasteiger partial charge in [0.1, 0.15) is 0 Å². The summed E-state index contributed by atoms with van der Waals surface area (Å²) < 4.78 is 2.34. The van der Waals surface area contributed by atoms with Crippen LogP contribution in [0.15, 0.2) is 54.9 Å². The minimum Gasteiger partial charge on any atom is -0.357 e. The molecule has 3 heteroatoms. The van der Waals surface area contributed by atoms with Crippen LogP contribution in [0, 0.1) is 0 Å². The van der Waals surface area contributed by atoms with Gasteiger partial charge >= 0.3 is 0 Å². The van der Waals surface area contributed by atoms with Crippen LogP contribution in [-0.2, 0) is 13.1 Å². The molecule has 1 aromatic heterocycles. The largest absolute Gasteiger partial charge is 0.357 e. The summed E-state index contributed by atoms with van der Waals surface area (Å²) >= 11 is 0. The zero-order chi connectivity index (χ0) is 15.8. The minimum absolute atomic E-state index is 0.926. The molecule has 0 bridgehead atoms. The standard InChI is InChI=1S/C20H23N3/c1-3-23-15-21(2)11-18-13-22(14-20(18)23)12-17-9-6-8-16-7-4-5-10-19(16)17/h4-10,13-14H,3,11-12,15H2,1-2H3. The van der Waals surface area contributed by atoms with E-state index in [4.69, 9.17) is 0 Å². The molecule has 0 atom stereocenters. The van der Waals surface area contributed by atoms with Crippen molar-refractivity contribution in [3.8, 4) is 0 Å². The average molecular weight is 305 g/mol. The lowest BCUT2D eigenvalue weighted by molar-refractivity contribution is 0.311. The minimum atomic E-state index is 0.926. The summed E-state index contributed by atoms with van der Waals surface area (Å²) in [5, 5.41) is 2.67. The van der Waals surface area contributed by atoms with Crippen LogP contribution in [0.1, 0.15) is 18.1 Å². The predicted molar refractivity (Wildman–Crippen MR) is 96.8 cm³/mol. The van der Waals surface area contributed by atoms with Gasteiger partial charge in [0, 0.05) is 37.6 Å². The first kappa shape index (κ1) is 14.3. The van der Waals surface area contributed by atoms with E-state index >= 15 is 0 Å². The van der Waals surface area contributed by atoms with Crippen LogP contribution in [0.5, 0.6) is 0 Å². The molecule has 0 spiro atoms. The summed E-state index contributed by atoms with van der Waals surface area (Å²) in [5.74, 6) is 0. The van der Waals surface area contributed by atoms with Gasteiger partial charge in [0.05, 0.1) is 12.4 Å². The lowest BCUT2D eigenvalue weighted by Gasteiger charge is -2.33. The highest BCUT2D eigenvalue weighted by atomic mass is 15.3. The first-order valence-electron chi connectivity index (χ1n) is 8.33. The molecule has 2 aromatic carbocycles. The molecule has 0 N–H and O–H groups in total. The van der Waals surface area contributed by atoms with Crippen LogP contribution in [0.4, 0.5) is 5.69 Å². The number of anilines is 1. The second-order valence-corrected chi connectivity index (χ2v) is 6.49. The van der Waals surface area contributed by atoms with E-state index < -0.39 is 0 Å². The van der Waals surface area contributed by atoms with E-state index in [-0.39, 0.29) is 0 Å². The van der Waals surface area contributed by atoms with E-state index in [1.807, 2.05) is 0 Å². The van der Waals surface area contributed by atoms with Gasteiger partial charge in [0.2, 0.25) is 0 Å². The normalized spacial score (nSPS) is 15.1. The monoisotopic (exact) mass is 305 g/mol. The Labute approximate surface area is 137 Å². The maximum absolute atomic E-state index is 2.44. The number of nitrogens with zero attached hydrogens (tertiary/aromatic N) is 3. The molecule has 3 nitrogen and oxygen atoms in total. The molecule has 3 aromatic rings. The van der Waals surface area contributed by atoms with Crippen LogP contribution < -0.4 is 4.90 Å². The fourth-order valence-electron chi connectivity index (χ4n) is 3.65.